The summed E-state index contributed by atoms with van der Waals surface area (Å²) in [6.45, 7) is 3.78. The molecule has 0 saturated heterocycles. The average molecular weight is 625 g/mol. The van der Waals surface area contributed by atoms with Crippen molar-refractivity contribution in [2.24, 2.45) is 5.92 Å². The predicted molar refractivity (Wildman–Crippen MR) is 162 cm³/mol. The highest BCUT2D eigenvalue weighted by Gasteiger charge is 2.33. The van der Waals surface area contributed by atoms with Gasteiger partial charge in [-0.3, -0.25) is 13.9 Å². The van der Waals surface area contributed by atoms with Crippen molar-refractivity contribution < 1.29 is 18.0 Å². The van der Waals surface area contributed by atoms with Crippen LogP contribution in [0.1, 0.15) is 25.0 Å². The second kappa shape index (κ2) is 14.2. The molecule has 0 heterocycles. The Hall–Kier alpha value is -2.78. The first-order chi connectivity index (χ1) is 18.9. The van der Waals surface area contributed by atoms with Crippen molar-refractivity contribution in [1.82, 2.24) is 10.2 Å². The molecule has 3 aromatic carbocycles. The van der Waals surface area contributed by atoms with Crippen LogP contribution in [0.25, 0.3) is 0 Å². The molecule has 0 radical (unpaired) electrons. The van der Waals surface area contributed by atoms with Gasteiger partial charge in [0.05, 0.1) is 27.0 Å². The van der Waals surface area contributed by atoms with Gasteiger partial charge in [-0.05, 0) is 41.3 Å². The fraction of sp³-hybridized carbons (Fsp3) is 0.310. The molecule has 11 heteroatoms. The van der Waals surface area contributed by atoms with E-state index in [-0.39, 0.29) is 35.5 Å². The molecule has 7 nitrogen and oxygen atoms in total. The zero-order chi connectivity index (χ0) is 29.4. The van der Waals surface area contributed by atoms with Gasteiger partial charge < -0.3 is 10.2 Å². The van der Waals surface area contributed by atoms with E-state index in [1.807, 2.05) is 44.2 Å². The van der Waals surface area contributed by atoms with Crippen LogP contribution in [0.4, 0.5) is 5.69 Å². The second-order valence-corrected chi connectivity index (χ2v) is 13.0. The van der Waals surface area contributed by atoms with Crippen LogP contribution in [-0.4, -0.2) is 50.5 Å². The van der Waals surface area contributed by atoms with Crippen LogP contribution in [0.3, 0.4) is 0 Å². The largest absolute Gasteiger partial charge is 0.354 e. The SMILES string of the molecule is CC(C)CNC(=O)C(Cc1ccccc1)N(Cc1ccc(Cl)c(Cl)c1)C(=O)CN(c1ccccc1Cl)S(C)(=O)=O. The summed E-state index contributed by atoms with van der Waals surface area (Å²) in [5.41, 5.74) is 1.63. The number of carbonyl (C=O) groups is 2. The van der Waals surface area contributed by atoms with Crippen molar-refractivity contribution in [2.45, 2.75) is 32.9 Å². The summed E-state index contributed by atoms with van der Waals surface area (Å²) in [5, 5.41) is 3.75. The fourth-order valence-electron chi connectivity index (χ4n) is 4.06. The highest BCUT2D eigenvalue weighted by molar-refractivity contribution is 7.92. The minimum Gasteiger partial charge on any atom is -0.354 e. The van der Waals surface area contributed by atoms with Crippen molar-refractivity contribution >= 4 is 62.3 Å². The van der Waals surface area contributed by atoms with Crippen molar-refractivity contribution in [2.75, 3.05) is 23.7 Å². The Kier molecular flexibility index (Phi) is 11.3. The van der Waals surface area contributed by atoms with Gasteiger partial charge in [0.2, 0.25) is 21.8 Å². The number of para-hydroxylation sites is 1. The number of sulfonamides is 1. The monoisotopic (exact) mass is 623 g/mol. The van der Waals surface area contributed by atoms with E-state index in [9.17, 15) is 18.0 Å². The molecule has 2 amide bonds. The molecule has 0 aromatic heterocycles. The van der Waals surface area contributed by atoms with Crippen LogP contribution in [0.5, 0.6) is 0 Å². The fourth-order valence-corrected chi connectivity index (χ4v) is 5.53. The molecule has 214 valence electrons. The summed E-state index contributed by atoms with van der Waals surface area (Å²) in [6.07, 6.45) is 1.21. The van der Waals surface area contributed by atoms with Gasteiger partial charge in [-0.25, -0.2) is 8.42 Å². The second-order valence-electron chi connectivity index (χ2n) is 9.84. The molecule has 0 aliphatic rings. The molecular weight excluding hydrogens is 593 g/mol. The lowest BCUT2D eigenvalue weighted by molar-refractivity contribution is -0.140. The number of amides is 2. The summed E-state index contributed by atoms with van der Waals surface area (Å²) in [4.78, 5) is 29.1. The molecule has 1 N–H and O–H groups in total. The van der Waals surface area contributed by atoms with Crippen molar-refractivity contribution in [3.05, 3.63) is 99.0 Å². The van der Waals surface area contributed by atoms with E-state index in [4.69, 9.17) is 34.8 Å². The number of nitrogens with one attached hydrogen (secondary N) is 1. The minimum atomic E-state index is -3.92. The molecule has 1 atom stereocenters. The lowest BCUT2D eigenvalue weighted by atomic mass is 10.0. The van der Waals surface area contributed by atoms with E-state index >= 15 is 0 Å². The van der Waals surface area contributed by atoms with Crippen LogP contribution in [-0.2, 0) is 32.6 Å². The number of hydrogen-bond donors (Lipinski definition) is 1. The Morgan fingerprint density at radius 1 is 0.850 bits per heavy atom. The minimum absolute atomic E-state index is 0.0115. The van der Waals surface area contributed by atoms with Gasteiger partial charge in [-0.15, -0.1) is 0 Å². The maximum Gasteiger partial charge on any atom is 0.244 e. The lowest BCUT2D eigenvalue weighted by Crippen LogP contribution is -2.53. The number of carbonyl (C=O) groups excluding carboxylic acids is 2. The van der Waals surface area contributed by atoms with Gasteiger partial charge in [-0.2, -0.15) is 0 Å². The maximum atomic E-state index is 14.1. The first-order valence-electron chi connectivity index (χ1n) is 12.6. The summed E-state index contributed by atoms with van der Waals surface area (Å²) >= 11 is 18.7. The Bertz CT molecular complexity index is 1440. The predicted octanol–water partition coefficient (Wildman–Crippen LogP) is 5.83. The number of anilines is 1. The molecule has 3 aromatic rings. The van der Waals surface area contributed by atoms with E-state index in [2.05, 4.69) is 5.32 Å². The average Bonchev–Trinajstić information content (AvgIpc) is 2.90. The highest BCUT2D eigenvalue weighted by atomic mass is 35.5. The van der Waals surface area contributed by atoms with Crippen molar-refractivity contribution in [3.8, 4) is 0 Å². The van der Waals surface area contributed by atoms with E-state index in [0.29, 0.717) is 22.2 Å². The standard InChI is InChI=1S/C29H32Cl3N3O4S/c1-20(2)17-33-29(37)27(16-21-9-5-4-6-10-21)34(18-22-13-14-23(30)25(32)15-22)28(36)19-35(40(3,38)39)26-12-8-7-11-24(26)31/h4-15,20,27H,16-19H2,1-3H3,(H,33,37). The molecule has 40 heavy (non-hydrogen) atoms. The van der Waals surface area contributed by atoms with Crippen LogP contribution in [0, 0.1) is 5.92 Å². The Morgan fingerprint density at radius 3 is 2.10 bits per heavy atom. The summed E-state index contributed by atoms with van der Waals surface area (Å²) in [6, 6.07) is 19.7. The Balaban J connectivity index is 2.07. The van der Waals surface area contributed by atoms with Gasteiger partial charge >= 0.3 is 0 Å². The van der Waals surface area contributed by atoms with E-state index in [1.165, 1.54) is 11.0 Å². The third kappa shape index (κ3) is 8.86. The summed E-state index contributed by atoms with van der Waals surface area (Å²) in [5.74, 6) is -0.756. The number of hydrogen-bond acceptors (Lipinski definition) is 4. The molecule has 0 fully saturated rings. The van der Waals surface area contributed by atoms with Gasteiger partial charge in [-0.1, -0.05) is 97.2 Å². The van der Waals surface area contributed by atoms with Crippen LogP contribution in [0.15, 0.2) is 72.8 Å². The molecule has 0 spiro atoms. The number of benzene rings is 3. The van der Waals surface area contributed by atoms with Gasteiger partial charge in [0.15, 0.2) is 0 Å². The first-order valence-corrected chi connectivity index (χ1v) is 15.6. The molecule has 0 aliphatic carbocycles. The number of rotatable bonds is 12. The molecule has 0 aliphatic heterocycles. The zero-order valence-electron chi connectivity index (χ0n) is 22.5. The third-order valence-corrected chi connectivity index (χ3v) is 8.28. The van der Waals surface area contributed by atoms with Crippen molar-refractivity contribution in [3.63, 3.8) is 0 Å². The molecule has 0 saturated carbocycles. The highest BCUT2D eigenvalue weighted by Crippen LogP contribution is 2.28. The van der Waals surface area contributed by atoms with E-state index < -0.39 is 28.5 Å². The van der Waals surface area contributed by atoms with E-state index in [1.54, 1.807) is 36.4 Å². The topological polar surface area (TPSA) is 86.8 Å². The molecule has 0 bridgehead atoms. The number of nitrogens with zero attached hydrogens (tertiary/aromatic N) is 2. The first kappa shape index (κ1) is 31.7. The van der Waals surface area contributed by atoms with Crippen molar-refractivity contribution in [1.29, 1.82) is 0 Å². The number of halogens is 3. The normalized spacial score (nSPS) is 12.2. The zero-order valence-corrected chi connectivity index (χ0v) is 25.6. The quantitative estimate of drug-likeness (QED) is 0.275. The van der Waals surface area contributed by atoms with Gasteiger partial charge in [0.1, 0.15) is 12.6 Å². The van der Waals surface area contributed by atoms with Crippen LogP contribution in [0.2, 0.25) is 15.1 Å². The van der Waals surface area contributed by atoms with Crippen LogP contribution >= 0.6 is 34.8 Å². The smallest absolute Gasteiger partial charge is 0.244 e. The maximum absolute atomic E-state index is 14.1. The van der Waals surface area contributed by atoms with Gasteiger partial charge in [0, 0.05) is 19.5 Å². The molecule has 3 rings (SSSR count). The Morgan fingerprint density at radius 2 is 1.50 bits per heavy atom. The molecule has 1 unspecified atom stereocenters. The summed E-state index contributed by atoms with van der Waals surface area (Å²) in [7, 11) is -3.92. The van der Waals surface area contributed by atoms with E-state index in [0.717, 1.165) is 16.1 Å². The third-order valence-electron chi connectivity index (χ3n) is 6.09. The van der Waals surface area contributed by atoms with Gasteiger partial charge in [0.25, 0.3) is 0 Å². The summed E-state index contributed by atoms with van der Waals surface area (Å²) < 4.78 is 26.6. The molecular formula is C29H32Cl3N3O4S. The van der Waals surface area contributed by atoms with Crippen LogP contribution < -0.4 is 9.62 Å². The lowest BCUT2D eigenvalue weighted by Gasteiger charge is -2.34. The Labute approximate surface area is 251 Å².